The maximum absolute atomic E-state index is 12.9. The molecule has 0 aliphatic rings. The van der Waals surface area contributed by atoms with E-state index in [0.717, 1.165) is 10.9 Å². The standard InChI is InChI=1S/C17H13N3O3S/c1-3-23-16(22)14-9(2)20-15(21)11-8-18-12-7-5-4-6-10(12)13(11)19-17(20)24-14/h4-8H,3H2,1-2H3. The number of nitrogens with zero attached hydrogens (tertiary/aromatic N) is 3. The number of hydrogen-bond donors (Lipinski definition) is 0. The molecule has 24 heavy (non-hydrogen) atoms. The van der Waals surface area contributed by atoms with Crippen LogP contribution in [0.5, 0.6) is 0 Å². The summed E-state index contributed by atoms with van der Waals surface area (Å²) in [4.78, 5) is 34.8. The van der Waals surface area contributed by atoms with Gasteiger partial charge in [0.1, 0.15) is 4.88 Å². The topological polar surface area (TPSA) is 73.6 Å². The summed E-state index contributed by atoms with van der Waals surface area (Å²) in [5.74, 6) is -0.433. The normalized spacial score (nSPS) is 11.4. The molecule has 0 atom stereocenters. The average Bonchev–Trinajstić information content (AvgIpc) is 2.92. The third kappa shape index (κ3) is 2.01. The van der Waals surface area contributed by atoms with Crippen molar-refractivity contribution in [1.82, 2.24) is 14.4 Å². The molecule has 0 aliphatic heterocycles. The minimum atomic E-state index is -0.433. The molecule has 0 amide bonds. The molecule has 120 valence electrons. The van der Waals surface area contributed by atoms with Gasteiger partial charge < -0.3 is 4.74 Å². The SMILES string of the molecule is CCOC(=O)c1sc2nc3c(cnc4ccccc43)c(=O)n2c1C. The van der Waals surface area contributed by atoms with Crippen molar-refractivity contribution in [3.8, 4) is 0 Å². The summed E-state index contributed by atoms with van der Waals surface area (Å²) in [5.41, 5.74) is 1.70. The van der Waals surface area contributed by atoms with Gasteiger partial charge in [-0.05, 0) is 19.9 Å². The van der Waals surface area contributed by atoms with Crippen molar-refractivity contribution in [2.24, 2.45) is 0 Å². The van der Waals surface area contributed by atoms with Crippen LogP contribution in [-0.4, -0.2) is 26.9 Å². The van der Waals surface area contributed by atoms with E-state index in [4.69, 9.17) is 4.74 Å². The van der Waals surface area contributed by atoms with Crippen LogP contribution in [0.25, 0.3) is 26.8 Å². The van der Waals surface area contributed by atoms with E-state index >= 15 is 0 Å². The largest absolute Gasteiger partial charge is 0.462 e. The van der Waals surface area contributed by atoms with E-state index in [2.05, 4.69) is 9.97 Å². The highest BCUT2D eigenvalue weighted by Crippen LogP contribution is 2.25. The van der Waals surface area contributed by atoms with Crippen LogP contribution in [-0.2, 0) is 4.74 Å². The van der Waals surface area contributed by atoms with Crippen LogP contribution in [0.15, 0.2) is 35.3 Å². The van der Waals surface area contributed by atoms with E-state index in [1.807, 2.05) is 24.3 Å². The number of carbonyl (C=O) groups excluding carboxylic acids is 1. The lowest BCUT2D eigenvalue weighted by Gasteiger charge is -2.03. The fourth-order valence-electron chi connectivity index (χ4n) is 2.77. The van der Waals surface area contributed by atoms with E-state index in [-0.39, 0.29) is 12.2 Å². The third-order valence-electron chi connectivity index (χ3n) is 3.90. The first-order valence-corrected chi connectivity index (χ1v) is 8.30. The number of fused-ring (bicyclic) bond motifs is 4. The maximum atomic E-state index is 12.9. The second kappa shape index (κ2) is 5.38. The minimum absolute atomic E-state index is 0.224. The number of ether oxygens (including phenoxy) is 1. The number of aromatic nitrogens is 3. The van der Waals surface area contributed by atoms with E-state index < -0.39 is 5.97 Å². The van der Waals surface area contributed by atoms with Gasteiger partial charge in [0, 0.05) is 11.6 Å². The molecule has 0 N–H and O–H groups in total. The molecule has 0 radical (unpaired) electrons. The molecule has 0 aliphatic carbocycles. The fourth-order valence-corrected chi connectivity index (χ4v) is 3.79. The Bertz CT molecular complexity index is 1180. The highest BCUT2D eigenvalue weighted by atomic mass is 32.1. The van der Waals surface area contributed by atoms with Gasteiger partial charge in [0.15, 0.2) is 4.96 Å². The van der Waals surface area contributed by atoms with Gasteiger partial charge in [-0.3, -0.25) is 14.2 Å². The zero-order chi connectivity index (χ0) is 16.8. The number of rotatable bonds is 2. The molecule has 0 saturated heterocycles. The zero-order valence-corrected chi connectivity index (χ0v) is 13.9. The monoisotopic (exact) mass is 339 g/mol. The predicted molar refractivity (Wildman–Crippen MR) is 92.8 cm³/mol. The van der Waals surface area contributed by atoms with E-state index in [0.29, 0.717) is 26.4 Å². The van der Waals surface area contributed by atoms with Crippen molar-refractivity contribution in [2.75, 3.05) is 6.61 Å². The van der Waals surface area contributed by atoms with Gasteiger partial charge >= 0.3 is 5.97 Å². The van der Waals surface area contributed by atoms with Gasteiger partial charge in [0.05, 0.1) is 28.7 Å². The summed E-state index contributed by atoms with van der Waals surface area (Å²) in [7, 11) is 0. The molecule has 0 bridgehead atoms. The minimum Gasteiger partial charge on any atom is -0.462 e. The number of thiazole rings is 1. The Labute approximate surface area is 140 Å². The summed E-state index contributed by atoms with van der Waals surface area (Å²) >= 11 is 1.17. The van der Waals surface area contributed by atoms with Crippen LogP contribution in [0, 0.1) is 6.92 Å². The molecule has 3 aromatic heterocycles. The Morgan fingerprint density at radius 3 is 2.88 bits per heavy atom. The maximum Gasteiger partial charge on any atom is 0.350 e. The number of hydrogen-bond acceptors (Lipinski definition) is 6. The van der Waals surface area contributed by atoms with Gasteiger partial charge in [-0.1, -0.05) is 29.5 Å². The molecule has 0 spiro atoms. The number of esters is 1. The average molecular weight is 339 g/mol. The van der Waals surface area contributed by atoms with Crippen LogP contribution in [0.4, 0.5) is 0 Å². The smallest absolute Gasteiger partial charge is 0.350 e. The number of carbonyl (C=O) groups is 1. The fraction of sp³-hybridized carbons (Fsp3) is 0.176. The van der Waals surface area contributed by atoms with E-state index in [1.165, 1.54) is 15.7 Å². The number of para-hydroxylation sites is 1. The van der Waals surface area contributed by atoms with E-state index in [1.54, 1.807) is 20.0 Å². The van der Waals surface area contributed by atoms with Gasteiger partial charge in [0.2, 0.25) is 0 Å². The zero-order valence-electron chi connectivity index (χ0n) is 13.1. The van der Waals surface area contributed by atoms with Crippen molar-refractivity contribution in [1.29, 1.82) is 0 Å². The summed E-state index contributed by atoms with van der Waals surface area (Å²) in [6.45, 7) is 3.75. The summed E-state index contributed by atoms with van der Waals surface area (Å²) < 4.78 is 6.52. The molecular weight excluding hydrogens is 326 g/mol. The lowest BCUT2D eigenvalue weighted by Crippen LogP contribution is -2.16. The Morgan fingerprint density at radius 2 is 2.08 bits per heavy atom. The van der Waals surface area contributed by atoms with Crippen LogP contribution in [0.2, 0.25) is 0 Å². The second-order valence-electron chi connectivity index (χ2n) is 5.31. The molecular formula is C17H13N3O3S. The molecule has 0 fully saturated rings. The van der Waals surface area contributed by atoms with Crippen molar-refractivity contribution in [3.05, 3.63) is 51.4 Å². The van der Waals surface area contributed by atoms with Crippen LogP contribution >= 0.6 is 11.3 Å². The Hall–Kier alpha value is -2.80. The number of benzene rings is 1. The molecule has 4 rings (SSSR count). The highest BCUT2D eigenvalue weighted by Gasteiger charge is 2.20. The third-order valence-corrected chi connectivity index (χ3v) is 5.02. The first-order chi connectivity index (χ1) is 11.6. The molecule has 1 aromatic carbocycles. The van der Waals surface area contributed by atoms with Crippen LogP contribution in [0.3, 0.4) is 0 Å². The molecule has 4 aromatic rings. The summed E-state index contributed by atoms with van der Waals surface area (Å²) in [6, 6.07) is 7.54. The predicted octanol–water partition coefficient (Wildman–Crippen LogP) is 2.94. The lowest BCUT2D eigenvalue weighted by molar-refractivity contribution is 0.0531. The second-order valence-corrected chi connectivity index (χ2v) is 6.29. The van der Waals surface area contributed by atoms with Crippen molar-refractivity contribution in [3.63, 3.8) is 0 Å². The van der Waals surface area contributed by atoms with E-state index in [9.17, 15) is 9.59 Å². The van der Waals surface area contributed by atoms with Gasteiger partial charge in [0.25, 0.3) is 5.56 Å². The highest BCUT2D eigenvalue weighted by molar-refractivity contribution is 7.19. The van der Waals surface area contributed by atoms with Crippen molar-refractivity contribution in [2.45, 2.75) is 13.8 Å². The Balaban J connectivity index is 2.13. The molecule has 7 heteroatoms. The van der Waals surface area contributed by atoms with Crippen molar-refractivity contribution >= 4 is 44.1 Å². The Morgan fingerprint density at radius 1 is 1.29 bits per heavy atom. The first kappa shape index (κ1) is 14.8. The van der Waals surface area contributed by atoms with Gasteiger partial charge in [-0.25, -0.2) is 9.78 Å². The molecule has 6 nitrogen and oxygen atoms in total. The Kier molecular flexibility index (Phi) is 3.31. The quantitative estimate of drug-likeness (QED) is 0.415. The molecule has 0 unspecified atom stereocenters. The van der Waals surface area contributed by atoms with Crippen LogP contribution < -0.4 is 5.56 Å². The molecule has 0 saturated carbocycles. The van der Waals surface area contributed by atoms with Crippen molar-refractivity contribution < 1.29 is 9.53 Å². The number of aryl methyl sites for hydroxylation is 1. The lowest BCUT2D eigenvalue weighted by atomic mass is 10.1. The summed E-state index contributed by atoms with van der Waals surface area (Å²) in [6.07, 6.45) is 1.54. The van der Waals surface area contributed by atoms with Gasteiger partial charge in [-0.2, -0.15) is 0 Å². The molecule has 3 heterocycles. The summed E-state index contributed by atoms with van der Waals surface area (Å²) in [5, 5.41) is 1.25. The first-order valence-electron chi connectivity index (χ1n) is 7.48. The number of pyridine rings is 1. The van der Waals surface area contributed by atoms with Crippen LogP contribution in [0.1, 0.15) is 22.3 Å². The van der Waals surface area contributed by atoms with Gasteiger partial charge in [-0.15, -0.1) is 0 Å².